The third-order valence-electron chi connectivity index (χ3n) is 3.44. The van der Waals surface area contributed by atoms with Crippen molar-refractivity contribution in [3.8, 4) is 5.69 Å². The van der Waals surface area contributed by atoms with Gasteiger partial charge in [0.25, 0.3) is 0 Å². The van der Waals surface area contributed by atoms with Gasteiger partial charge in [-0.25, -0.2) is 10.1 Å². The van der Waals surface area contributed by atoms with Crippen molar-refractivity contribution in [1.29, 1.82) is 0 Å². The molecule has 2 heterocycles. The molecule has 0 saturated heterocycles. The number of nitrogens with zero attached hydrogens (tertiary/aromatic N) is 4. The summed E-state index contributed by atoms with van der Waals surface area (Å²) in [5.74, 6) is 5.73. The van der Waals surface area contributed by atoms with E-state index < -0.39 is 0 Å². The van der Waals surface area contributed by atoms with Crippen LogP contribution in [-0.2, 0) is 6.54 Å². The molecule has 0 bridgehead atoms. The molecule has 6 nitrogen and oxygen atoms in total. The molecule has 0 aliphatic rings. The van der Waals surface area contributed by atoms with E-state index in [1.54, 1.807) is 6.20 Å². The second kappa shape index (κ2) is 5.90. The Morgan fingerprint density at radius 3 is 2.71 bits per heavy atom. The molecule has 0 radical (unpaired) electrons. The topological polar surface area (TPSA) is 73.7 Å². The zero-order valence-corrected chi connectivity index (χ0v) is 11.8. The monoisotopic (exact) mass is 282 g/mol. The first-order chi connectivity index (χ1) is 10.3. The van der Waals surface area contributed by atoms with Crippen LogP contribution < -0.4 is 11.3 Å². The van der Waals surface area contributed by atoms with Crippen molar-refractivity contribution in [2.75, 3.05) is 0 Å². The quantitative estimate of drug-likeness (QED) is 0.551. The van der Waals surface area contributed by atoms with Crippen LogP contribution in [0.4, 0.5) is 0 Å². The zero-order valence-electron chi connectivity index (χ0n) is 11.8. The number of hydrogen-bond donors (Lipinski definition) is 2. The number of aromatic nitrogens is 4. The van der Waals surface area contributed by atoms with Gasteiger partial charge in [0, 0.05) is 18.9 Å². The molecule has 2 aromatic heterocycles. The number of hydrazine groups is 1. The summed E-state index contributed by atoms with van der Waals surface area (Å²) >= 11 is 0. The predicted molar refractivity (Wildman–Crippen MR) is 80.6 cm³/mol. The van der Waals surface area contributed by atoms with Gasteiger partial charge >= 0.3 is 0 Å². The molecule has 0 amide bonds. The minimum absolute atomic E-state index is 0.183. The Labute approximate surface area is 123 Å². The number of nitrogens with two attached hydrogens (primary N) is 1. The summed E-state index contributed by atoms with van der Waals surface area (Å²) in [6.07, 6.45) is 3.71. The van der Waals surface area contributed by atoms with Gasteiger partial charge in [0.15, 0.2) is 0 Å². The average Bonchev–Trinajstić information content (AvgIpc) is 3.19. The van der Waals surface area contributed by atoms with Gasteiger partial charge in [0.1, 0.15) is 6.04 Å². The van der Waals surface area contributed by atoms with Crippen LogP contribution in [0.25, 0.3) is 5.69 Å². The lowest BCUT2D eigenvalue weighted by atomic mass is 10.1. The van der Waals surface area contributed by atoms with Crippen LogP contribution in [0.1, 0.15) is 24.4 Å². The minimum atomic E-state index is -0.183. The third-order valence-corrected chi connectivity index (χ3v) is 3.44. The number of benzene rings is 1. The fourth-order valence-corrected chi connectivity index (χ4v) is 2.39. The molecule has 3 rings (SSSR count). The Bertz CT molecular complexity index is 700. The molecule has 3 aromatic rings. The minimum Gasteiger partial charge on any atom is -0.270 e. The summed E-state index contributed by atoms with van der Waals surface area (Å²) in [5.41, 5.74) is 5.70. The fraction of sp³-hybridized carbons (Fsp3) is 0.200. The summed E-state index contributed by atoms with van der Waals surface area (Å²) in [7, 11) is 0. The number of aryl methyl sites for hydroxylation is 1. The van der Waals surface area contributed by atoms with Crippen LogP contribution in [0.3, 0.4) is 0 Å². The van der Waals surface area contributed by atoms with Crippen LogP contribution in [0.5, 0.6) is 0 Å². The van der Waals surface area contributed by atoms with Crippen LogP contribution in [0.2, 0.25) is 0 Å². The number of para-hydroxylation sites is 1. The van der Waals surface area contributed by atoms with Crippen LogP contribution in [0, 0.1) is 0 Å². The standard InChI is InChI=1S/C15H18N6/c1-2-20-14(8-10-17-20)15(18-16)13-9-11-21(19-13)12-6-4-3-5-7-12/h3-11,15,18H,2,16H2,1H3. The first kappa shape index (κ1) is 13.5. The second-order valence-corrected chi connectivity index (χ2v) is 4.69. The molecule has 1 unspecified atom stereocenters. The lowest BCUT2D eigenvalue weighted by Gasteiger charge is -2.15. The molecule has 0 aliphatic heterocycles. The van der Waals surface area contributed by atoms with E-state index in [9.17, 15) is 0 Å². The molecule has 0 fully saturated rings. The lowest BCUT2D eigenvalue weighted by Crippen LogP contribution is -2.31. The Hall–Kier alpha value is -2.44. The third kappa shape index (κ3) is 2.58. The van der Waals surface area contributed by atoms with E-state index in [-0.39, 0.29) is 6.04 Å². The van der Waals surface area contributed by atoms with Gasteiger partial charge in [-0.3, -0.25) is 10.5 Å². The largest absolute Gasteiger partial charge is 0.270 e. The second-order valence-electron chi connectivity index (χ2n) is 4.69. The predicted octanol–water partition coefficient (Wildman–Crippen LogP) is 1.64. The zero-order chi connectivity index (χ0) is 14.7. The summed E-state index contributed by atoms with van der Waals surface area (Å²) < 4.78 is 3.75. The summed E-state index contributed by atoms with van der Waals surface area (Å²) in [6, 6.07) is 13.7. The average molecular weight is 282 g/mol. The SMILES string of the molecule is CCn1nccc1C(NN)c1ccn(-c2ccccc2)n1. The van der Waals surface area contributed by atoms with Crippen molar-refractivity contribution in [3.63, 3.8) is 0 Å². The van der Waals surface area contributed by atoms with Gasteiger partial charge in [-0.05, 0) is 31.2 Å². The van der Waals surface area contributed by atoms with Crippen LogP contribution in [0.15, 0.2) is 54.9 Å². The first-order valence-corrected chi connectivity index (χ1v) is 6.92. The maximum Gasteiger partial charge on any atom is 0.107 e. The van der Waals surface area contributed by atoms with Gasteiger partial charge in [0.2, 0.25) is 0 Å². The van der Waals surface area contributed by atoms with Gasteiger partial charge in [0.05, 0.1) is 17.1 Å². The highest BCUT2D eigenvalue weighted by Crippen LogP contribution is 2.20. The van der Waals surface area contributed by atoms with Crippen molar-refractivity contribution in [2.24, 2.45) is 5.84 Å². The molecule has 108 valence electrons. The maximum absolute atomic E-state index is 5.73. The molecule has 6 heteroatoms. The molecule has 0 saturated carbocycles. The highest BCUT2D eigenvalue weighted by Gasteiger charge is 2.19. The molecule has 0 aliphatic carbocycles. The summed E-state index contributed by atoms with van der Waals surface area (Å²) in [5, 5.41) is 8.90. The molecule has 1 aromatic carbocycles. The van der Waals surface area contributed by atoms with E-state index >= 15 is 0 Å². The van der Waals surface area contributed by atoms with Crippen LogP contribution in [-0.4, -0.2) is 19.6 Å². The molecule has 21 heavy (non-hydrogen) atoms. The van der Waals surface area contributed by atoms with Crippen molar-refractivity contribution in [1.82, 2.24) is 25.0 Å². The molecule has 0 spiro atoms. The van der Waals surface area contributed by atoms with Crippen molar-refractivity contribution in [3.05, 3.63) is 66.2 Å². The number of rotatable bonds is 5. The Balaban J connectivity index is 1.94. The first-order valence-electron chi connectivity index (χ1n) is 6.92. The van der Waals surface area contributed by atoms with E-state index in [1.807, 2.05) is 64.9 Å². The molecule has 1 atom stereocenters. The van der Waals surface area contributed by atoms with Crippen LogP contribution >= 0.6 is 0 Å². The fourth-order valence-electron chi connectivity index (χ4n) is 2.39. The van der Waals surface area contributed by atoms with E-state index in [1.165, 1.54) is 0 Å². The van der Waals surface area contributed by atoms with Gasteiger partial charge in [-0.2, -0.15) is 10.2 Å². The normalized spacial score (nSPS) is 12.5. The highest BCUT2D eigenvalue weighted by molar-refractivity contribution is 5.31. The molecule has 3 N–H and O–H groups in total. The van der Waals surface area contributed by atoms with E-state index in [0.717, 1.165) is 23.6 Å². The highest BCUT2D eigenvalue weighted by atomic mass is 15.3. The van der Waals surface area contributed by atoms with Gasteiger partial charge < -0.3 is 0 Å². The molecular formula is C15H18N6. The van der Waals surface area contributed by atoms with E-state index in [4.69, 9.17) is 5.84 Å². The Kier molecular flexibility index (Phi) is 3.81. The smallest absolute Gasteiger partial charge is 0.107 e. The summed E-state index contributed by atoms with van der Waals surface area (Å²) in [6.45, 7) is 2.84. The summed E-state index contributed by atoms with van der Waals surface area (Å²) in [4.78, 5) is 0. The lowest BCUT2D eigenvalue weighted by molar-refractivity contribution is 0.532. The van der Waals surface area contributed by atoms with Crippen molar-refractivity contribution >= 4 is 0 Å². The van der Waals surface area contributed by atoms with Gasteiger partial charge in [-0.15, -0.1) is 0 Å². The van der Waals surface area contributed by atoms with Gasteiger partial charge in [-0.1, -0.05) is 18.2 Å². The Morgan fingerprint density at radius 1 is 1.19 bits per heavy atom. The van der Waals surface area contributed by atoms with E-state index in [2.05, 4.69) is 15.6 Å². The van der Waals surface area contributed by atoms with Crippen molar-refractivity contribution < 1.29 is 0 Å². The maximum atomic E-state index is 5.73. The van der Waals surface area contributed by atoms with Crippen molar-refractivity contribution in [2.45, 2.75) is 19.5 Å². The number of nitrogens with one attached hydrogen (secondary N) is 1. The number of hydrogen-bond acceptors (Lipinski definition) is 4. The molecular weight excluding hydrogens is 264 g/mol. The Morgan fingerprint density at radius 2 is 2.00 bits per heavy atom. The van der Waals surface area contributed by atoms with E-state index in [0.29, 0.717) is 0 Å².